The summed E-state index contributed by atoms with van der Waals surface area (Å²) in [5, 5.41) is 3.32. The summed E-state index contributed by atoms with van der Waals surface area (Å²) in [5.41, 5.74) is 8.74. The fourth-order valence-corrected chi connectivity index (χ4v) is 1.43. The molecule has 0 aliphatic heterocycles. The standard InChI is InChI=1S/C9H7BrFN3/c10-8-4-7(5-9(11)6-8)2-1-3-13-14-12/h1-2,4-6H,3H2. The van der Waals surface area contributed by atoms with Crippen molar-refractivity contribution in [3.63, 3.8) is 0 Å². The maximum Gasteiger partial charge on any atom is 0.124 e. The molecular weight excluding hydrogens is 249 g/mol. The zero-order valence-electron chi connectivity index (χ0n) is 7.19. The molecule has 0 aliphatic rings. The Kier molecular flexibility index (Phi) is 4.16. The molecule has 0 saturated carbocycles. The largest absolute Gasteiger partial charge is 0.207 e. The number of benzene rings is 1. The molecule has 0 N–H and O–H groups in total. The fourth-order valence-electron chi connectivity index (χ4n) is 0.944. The number of rotatable bonds is 3. The van der Waals surface area contributed by atoms with E-state index in [0.717, 1.165) is 5.56 Å². The minimum atomic E-state index is -0.303. The van der Waals surface area contributed by atoms with Gasteiger partial charge in [-0.1, -0.05) is 33.2 Å². The zero-order chi connectivity index (χ0) is 10.4. The highest BCUT2D eigenvalue weighted by Crippen LogP contribution is 2.15. The highest BCUT2D eigenvalue weighted by Gasteiger charge is 1.94. The van der Waals surface area contributed by atoms with Gasteiger partial charge in [-0.2, -0.15) is 0 Å². The average molecular weight is 256 g/mol. The van der Waals surface area contributed by atoms with Gasteiger partial charge in [0.15, 0.2) is 0 Å². The molecule has 0 aromatic heterocycles. The van der Waals surface area contributed by atoms with E-state index in [4.69, 9.17) is 5.53 Å². The Morgan fingerprint density at radius 2 is 2.29 bits per heavy atom. The van der Waals surface area contributed by atoms with Crippen LogP contribution >= 0.6 is 15.9 Å². The Hall–Kier alpha value is -1.32. The smallest absolute Gasteiger partial charge is 0.124 e. The van der Waals surface area contributed by atoms with E-state index in [9.17, 15) is 4.39 Å². The predicted molar refractivity (Wildman–Crippen MR) is 57.1 cm³/mol. The molecule has 0 amide bonds. The number of nitrogens with zero attached hydrogens (tertiary/aromatic N) is 3. The molecule has 1 aromatic rings. The lowest BCUT2D eigenvalue weighted by Gasteiger charge is -1.95. The molecule has 0 aliphatic carbocycles. The Morgan fingerprint density at radius 3 is 2.93 bits per heavy atom. The summed E-state index contributed by atoms with van der Waals surface area (Å²) >= 11 is 3.18. The minimum Gasteiger partial charge on any atom is -0.207 e. The minimum absolute atomic E-state index is 0.268. The fraction of sp³-hybridized carbons (Fsp3) is 0.111. The second kappa shape index (κ2) is 5.42. The van der Waals surface area contributed by atoms with Crippen molar-refractivity contribution in [3.05, 3.63) is 50.6 Å². The quantitative estimate of drug-likeness (QED) is 0.447. The van der Waals surface area contributed by atoms with Crippen LogP contribution in [0.25, 0.3) is 16.5 Å². The van der Waals surface area contributed by atoms with Crippen molar-refractivity contribution >= 4 is 22.0 Å². The molecule has 0 atom stereocenters. The van der Waals surface area contributed by atoms with E-state index in [0.29, 0.717) is 4.47 Å². The number of hydrogen-bond acceptors (Lipinski definition) is 1. The summed E-state index contributed by atoms with van der Waals surface area (Å²) in [5.74, 6) is -0.303. The van der Waals surface area contributed by atoms with Gasteiger partial charge >= 0.3 is 0 Å². The average Bonchev–Trinajstić information content (AvgIpc) is 2.11. The summed E-state index contributed by atoms with van der Waals surface area (Å²) < 4.78 is 13.5. The van der Waals surface area contributed by atoms with Crippen LogP contribution in [0.4, 0.5) is 4.39 Å². The molecule has 5 heteroatoms. The Labute approximate surface area is 89.0 Å². The van der Waals surface area contributed by atoms with Gasteiger partial charge < -0.3 is 0 Å². The third kappa shape index (κ3) is 3.60. The van der Waals surface area contributed by atoms with Crippen LogP contribution < -0.4 is 0 Å². The van der Waals surface area contributed by atoms with E-state index in [1.165, 1.54) is 12.1 Å². The predicted octanol–water partition coefficient (Wildman–Crippen LogP) is 3.91. The van der Waals surface area contributed by atoms with Gasteiger partial charge in [0.25, 0.3) is 0 Å². The van der Waals surface area contributed by atoms with Gasteiger partial charge in [-0.3, -0.25) is 0 Å². The first-order valence-electron chi connectivity index (χ1n) is 3.86. The van der Waals surface area contributed by atoms with Crippen molar-refractivity contribution in [2.45, 2.75) is 0 Å². The van der Waals surface area contributed by atoms with E-state index in [1.807, 2.05) is 0 Å². The van der Waals surface area contributed by atoms with Crippen molar-refractivity contribution in [1.82, 2.24) is 0 Å². The summed E-state index contributed by atoms with van der Waals surface area (Å²) in [6.07, 6.45) is 3.36. The lowest BCUT2D eigenvalue weighted by Crippen LogP contribution is -1.78. The summed E-state index contributed by atoms with van der Waals surface area (Å²) in [7, 11) is 0. The van der Waals surface area contributed by atoms with E-state index in [1.54, 1.807) is 18.2 Å². The van der Waals surface area contributed by atoms with E-state index < -0.39 is 0 Å². The summed E-state index contributed by atoms with van der Waals surface area (Å²) in [6.45, 7) is 0.268. The first-order valence-corrected chi connectivity index (χ1v) is 4.65. The molecule has 1 rings (SSSR count). The first kappa shape index (κ1) is 10.8. The van der Waals surface area contributed by atoms with Crippen LogP contribution in [0.15, 0.2) is 33.9 Å². The second-order valence-electron chi connectivity index (χ2n) is 2.52. The van der Waals surface area contributed by atoms with E-state index in [2.05, 4.69) is 26.0 Å². The maximum atomic E-state index is 12.9. The molecule has 0 saturated heterocycles. The van der Waals surface area contributed by atoms with E-state index >= 15 is 0 Å². The second-order valence-corrected chi connectivity index (χ2v) is 3.43. The van der Waals surface area contributed by atoms with Crippen LogP contribution in [-0.2, 0) is 0 Å². The van der Waals surface area contributed by atoms with Crippen molar-refractivity contribution in [2.75, 3.05) is 6.54 Å². The molecular formula is C9H7BrFN3. The van der Waals surface area contributed by atoms with Crippen LogP contribution in [0, 0.1) is 5.82 Å². The molecule has 0 bridgehead atoms. The first-order chi connectivity index (χ1) is 6.72. The van der Waals surface area contributed by atoms with Gasteiger partial charge in [0, 0.05) is 15.9 Å². The van der Waals surface area contributed by atoms with Crippen LogP contribution in [0.5, 0.6) is 0 Å². The number of halogens is 2. The Bertz CT molecular complexity index is 377. The molecule has 0 unspecified atom stereocenters. The lowest BCUT2D eigenvalue weighted by atomic mass is 10.2. The van der Waals surface area contributed by atoms with Gasteiger partial charge in [-0.15, -0.1) is 0 Å². The summed E-state index contributed by atoms with van der Waals surface area (Å²) in [4.78, 5) is 2.59. The summed E-state index contributed by atoms with van der Waals surface area (Å²) in [6, 6.07) is 4.55. The third-order valence-corrected chi connectivity index (χ3v) is 1.90. The third-order valence-electron chi connectivity index (χ3n) is 1.45. The molecule has 72 valence electrons. The van der Waals surface area contributed by atoms with Crippen molar-refractivity contribution in [1.29, 1.82) is 0 Å². The molecule has 0 spiro atoms. The molecule has 0 fully saturated rings. The normalized spacial score (nSPS) is 10.1. The molecule has 14 heavy (non-hydrogen) atoms. The van der Waals surface area contributed by atoms with E-state index in [-0.39, 0.29) is 12.4 Å². The van der Waals surface area contributed by atoms with Gasteiger partial charge in [0.05, 0.1) is 0 Å². The zero-order valence-corrected chi connectivity index (χ0v) is 8.78. The topological polar surface area (TPSA) is 48.8 Å². The van der Waals surface area contributed by atoms with Crippen LogP contribution in [0.3, 0.4) is 0 Å². The van der Waals surface area contributed by atoms with Crippen LogP contribution in [0.2, 0.25) is 0 Å². The molecule has 0 radical (unpaired) electrons. The Balaban J connectivity index is 2.75. The molecule has 3 nitrogen and oxygen atoms in total. The van der Waals surface area contributed by atoms with Crippen molar-refractivity contribution in [2.24, 2.45) is 5.11 Å². The maximum absolute atomic E-state index is 12.9. The van der Waals surface area contributed by atoms with Gasteiger partial charge in [0.2, 0.25) is 0 Å². The lowest BCUT2D eigenvalue weighted by molar-refractivity contribution is 0.626. The van der Waals surface area contributed by atoms with Gasteiger partial charge in [0.1, 0.15) is 5.82 Å². The van der Waals surface area contributed by atoms with Crippen LogP contribution in [-0.4, -0.2) is 6.54 Å². The van der Waals surface area contributed by atoms with Crippen molar-refractivity contribution in [3.8, 4) is 0 Å². The van der Waals surface area contributed by atoms with Crippen LogP contribution in [0.1, 0.15) is 5.56 Å². The SMILES string of the molecule is [N-]=[N+]=NCC=Cc1cc(F)cc(Br)c1. The Morgan fingerprint density at radius 1 is 1.50 bits per heavy atom. The number of hydrogen-bond donors (Lipinski definition) is 0. The molecule has 1 aromatic carbocycles. The highest BCUT2D eigenvalue weighted by atomic mass is 79.9. The van der Waals surface area contributed by atoms with Gasteiger partial charge in [-0.25, -0.2) is 4.39 Å². The number of azide groups is 1. The van der Waals surface area contributed by atoms with Crippen molar-refractivity contribution < 1.29 is 4.39 Å². The van der Waals surface area contributed by atoms with Gasteiger partial charge in [-0.05, 0) is 29.3 Å². The highest BCUT2D eigenvalue weighted by molar-refractivity contribution is 9.10. The monoisotopic (exact) mass is 255 g/mol. The molecule has 0 heterocycles.